The van der Waals surface area contributed by atoms with Crippen molar-refractivity contribution >= 4 is 27.6 Å². The Labute approximate surface area is 99.9 Å². The van der Waals surface area contributed by atoms with E-state index in [1.165, 1.54) is 12.3 Å². The first-order valence-electron chi connectivity index (χ1n) is 4.69. The van der Waals surface area contributed by atoms with E-state index in [1.807, 2.05) is 6.26 Å². The quantitative estimate of drug-likeness (QED) is 0.814. The molecule has 0 aliphatic rings. The summed E-state index contributed by atoms with van der Waals surface area (Å²) in [7, 11) is -3.56. The summed E-state index contributed by atoms with van der Waals surface area (Å²) in [6, 6.07) is 2.85. The fourth-order valence-electron chi connectivity index (χ4n) is 1.24. The first-order chi connectivity index (χ1) is 7.47. The third-order valence-electron chi connectivity index (χ3n) is 1.86. The highest BCUT2D eigenvalue weighted by molar-refractivity contribution is 7.98. The van der Waals surface area contributed by atoms with E-state index in [4.69, 9.17) is 5.73 Å². The molecular weight excluding hydrogens is 246 g/mol. The lowest BCUT2D eigenvalue weighted by Gasteiger charge is -2.13. The zero-order valence-electron chi connectivity index (χ0n) is 9.17. The van der Waals surface area contributed by atoms with E-state index >= 15 is 0 Å². The number of nitrogens with zero attached hydrogens (tertiary/aromatic N) is 1. The predicted molar refractivity (Wildman–Crippen MR) is 66.8 cm³/mol. The van der Waals surface area contributed by atoms with Gasteiger partial charge in [-0.05, 0) is 25.3 Å². The topological polar surface area (TPSA) is 85.1 Å². The van der Waals surface area contributed by atoms with Crippen molar-refractivity contribution in [2.75, 3.05) is 17.7 Å². The number of hydrogen-bond acceptors (Lipinski definition) is 5. The molecule has 16 heavy (non-hydrogen) atoms. The van der Waals surface area contributed by atoms with Gasteiger partial charge in [0, 0.05) is 18.0 Å². The van der Waals surface area contributed by atoms with Crippen molar-refractivity contribution in [3.05, 3.63) is 18.3 Å². The van der Waals surface area contributed by atoms with Crippen LogP contribution in [0.25, 0.3) is 0 Å². The van der Waals surface area contributed by atoms with Gasteiger partial charge in [0.25, 0.3) is 0 Å². The molecule has 0 saturated carbocycles. The Morgan fingerprint density at radius 3 is 2.88 bits per heavy atom. The normalized spacial score (nSPS) is 13.6. The third-order valence-corrected chi connectivity index (χ3v) is 4.33. The Kier molecular flexibility index (Phi) is 4.57. The molecule has 90 valence electrons. The summed E-state index contributed by atoms with van der Waals surface area (Å²) in [5.74, 6) is 0.728. The highest BCUT2D eigenvalue weighted by atomic mass is 32.2. The maximum absolute atomic E-state index is 11.9. The minimum Gasteiger partial charge on any atom is -0.383 e. The van der Waals surface area contributed by atoms with Gasteiger partial charge in [0.05, 0.1) is 0 Å². The second kappa shape index (κ2) is 5.51. The number of nitrogens with two attached hydrogens (primary N) is 1. The van der Waals surface area contributed by atoms with Crippen LogP contribution < -0.4 is 10.5 Å². The fourth-order valence-corrected chi connectivity index (χ4v) is 3.26. The molecule has 0 saturated heterocycles. The summed E-state index contributed by atoms with van der Waals surface area (Å²) in [5.41, 5.74) is 5.52. The molecule has 1 aromatic heterocycles. The fraction of sp³-hybridized carbons (Fsp3) is 0.444. The molecule has 0 aromatic carbocycles. The lowest BCUT2D eigenvalue weighted by atomic mass is 10.4. The Morgan fingerprint density at radius 2 is 2.31 bits per heavy atom. The Hall–Kier alpha value is -0.790. The van der Waals surface area contributed by atoms with Crippen LogP contribution in [-0.4, -0.2) is 31.5 Å². The second-order valence-corrected chi connectivity index (χ2v) is 5.96. The van der Waals surface area contributed by atoms with E-state index in [0.717, 1.165) is 0 Å². The molecule has 7 heteroatoms. The Balaban J connectivity index is 2.91. The standard InChI is InChI=1S/C9H15N3O2S2/c1-7(6-15-2)12-16(13,14)8-4-3-5-11-9(8)10/h3-5,7,12H,6H2,1-2H3,(H2,10,11). The molecule has 0 radical (unpaired) electrons. The minimum atomic E-state index is -3.56. The maximum atomic E-state index is 11.9. The van der Waals surface area contributed by atoms with Crippen LogP contribution in [0.1, 0.15) is 6.92 Å². The van der Waals surface area contributed by atoms with Gasteiger partial charge in [-0.25, -0.2) is 18.1 Å². The van der Waals surface area contributed by atoms with E-state index in [2.05, 4.69) is 9.71 Å². The number of aromatic nitrogens is 1. The van der Waals surface area contributed by atoms with Gasteiger partial charge in [-0.2, -0.15) is 11.8 Å². The van der Waals surface area contributed by atoms with Crippen molar-refractivity contribution in [1.29, 1.82) is 0 Å². The Morgan fingerprint density at radius 1 is 1.62 bits per heavy atom. The van der Waals surface area contributed by atoms with Crippen LogP contribution in [0, 0.1) is 0 Å². The molecule has 0 amide bonds. The summed E-state index contributed by atoms with van der Waals surface area (Å²) >= 11 is 1.58. The second-order valence-electron chi connectivity index (χ2n) is 3.36. The number of nitrogen functional groups attached to an aromatic ring is 1. The van der Waals surface area contributed by atoms with Crippen molar-refractivity contribution in [1.82, 2.24) is 9.71 Å². The zero-order valence-corrected chi connectivity index (χ0v) is 10.8. The highest BCUT2D eigenvalue weighted by Gasteiger charge is 2.19. The molecule has 1 aromatic rings. The number of anilines is 1. The maximum Gasteiger partial charge on any atom is 0.244 e. The van der Waals surface area contributed by atoms with Gasteiger partial charge in [-0.1, -0.05) is 0 Å². The summed E-state index contributed by atoms with van der Waals surface area (Å²) in [5, 5.41) is 0. The molecule has 0 fully saturated rings. The van der Waals surface area contributed by atoms with Crippen LogP contribution in [0.5, 0.6) is 0 Å². The van der Waals surface area contributed by atoms with Gasteiger partial charge in [-0.3, -0.25) is 0 Å². The van der Waals surface area contributed by atoms with Crippen LogP contribution in [0.15, 0.2) is 23.2 Å². The third kappa shape index (κ3) is 3.36. The van der Waals surface area contributed by atoms with Gasteiger partial charge in [0.15, 0.2) is 0 Å². The Bertz CT molecular complexity index is 448. The van der Waals surface area contributed by atoms with E-state index in [0.29, 0.717) is 5.75 Å². The van der Waals surface area contributed by atoms with E-state index in [1.54, 1.807) is 24.8 Å². The highest BCUT2D eigenvalue weighted by Crippen LogP contribution is 2.15. The monoisotopic (exact) mass is 261 g/mol. The van der Waals surface area contributed by atoms with Crippen LogP contribution in [0.3, 0.4) is 0 Å². The number of pyridine rings is 1. The van der Waals surface area contributed by atoms with Crippen LogP contribution in [0.2, 0.25) is 0 Å². The van der Waals surface area contributed by atoms with Crippen LogP contribution in [-0.2, 0) is 10.0 Å². The molecule has 0 aliphatic heterocycles. The minimum absolute atomic E-state index is 0.0198. The number of hydrogen-bond donors (Lipinski definition) is 2. The smallest absolute Gasteiger partial charge is 0.244 e. The van der Waals surface area contributed by atoms with Crippen molar-refractivity contribution < 1.29 is 8.42 Å². The lowest BCUT2D eigenvalue weighted by Crippen LogP contribution is -2.34. The molecule has 0 aliphatic carbocycles. The molecular formula is C9H15N3O2S2. The van der Waals surface area contributed by atoms with Crippen molar-refractivity contribution in [3.63, 3.8) is 0 Å². The number of thioether (sulfide) groups is 1. The molecule has 1 rings (SSSR count). The van der Waals surface area contributed by atoms with E-state index in [9.17, 15) is 8.42 Å². The molecule has 3 N–H and O–H groups in total. The van der Waals surface area contributed by atoms with Gasteiger partial charge in [-0.15, -0.1) is 0 Å². The first-order valence-corrected chi connectivity index (χ1v) is 7.57. The van der Waals surface area contributed by atoms with Crippen molar-refractivity contribution in [3.8, 4) is 0 Å². The molecule has 0 spiro atoms. The zero-order chi connectivity index (χ0) is 12.2. The number of nitrogens with one attached hydrogen (secondary N) is 1. The van der Waals surface area contributed by atoms with Gasteiger partial charge in [0.1, 0.15) is 10.7 Å². The van der Waals surface area contributed by atoms with E-state index < -0.39 is 10.0 Å². The van der Waals surface area contributed by atoms with Gasteiger partial charge >= 0.3 is 0 Å². The van der Waals surface area contributed by atoms with Crippen LogP contribution in [0.4, 0.5) is 5.82 Å². The van der Waals surface area contributed by atoms with Crippen LogP contribution >= 0.6 is 11.8 Å². The molecule has 1 atom stereocenters. The average Bonchev–Trinajstić information content (AvgIpc) is 2.17. The average molecular weight is 261 g/mol. The lowest BCUT2D eigenvalue weighted by molar-refractivity contribution is 0.571. The number of rotatable bonds is 5. The summed E-state index contributed by atoms with van der Waals surface area (Å²) < 4.78 is 26.3. The molecule has 1 heterocycles. The first kappa shape index (κ1) is 13.3. The van der Waals surface area contributed by atoms with Crippen molar-refractivity contribution in [2.24, 2.45) is 0 Å². The number of sulfonamides is 1. The van der Waals surface area contributed by atoms with Gasteiger partial charge < -0.3 is 5.73 Å². The summed E-state index contributed by atoms with van der Waals surface area (Å²) in [4.78, 5) is 3.78. The van der Waals surface area contributed by atoms with E-state index in [-0.39, 0.29) is 16.8 Å². The predicted octanol–water partition coefficient (Wildman–Crippen LogP) is 0.694. The van der Waals surface area contributed by atoms with Gasteiger partial charge in [0.2, 0.25) is 10.0 Å². The summed E-state index contributed by atoms with van der Waals surface area (Å²) in [6.07, 6.45) is 3.38. The largest absolute Gasteiger partial charge is 0.383 e. The SMILES string of the molecule is CSCC(C)NS(=O)(=O)c1cccnc1N. The van der Waals surface area contributed by atoms with Crippen molar-refractivity contribution in [2.45, 2.75) is 17.9 Å². The molecule has 5 nitrogen and oxygen atoms in total. The molecule has 1 unspecified atom stereocenters. The molecule has 0 bridgehead atoms. The summed E-state index contributed by atoms with van der Waals surface area (Å²) in [6.45, 7) is 1.81.